The van der Waals surface area contributed by atoms with Crippen molar-refractivity contribution in [2.75, 3.05) is 19.8 Å². The molecular weight excluding hydrogens is 737 g/mol. The summed E-state index contributed by atoms with van der Waals surface area (Å²) in [5.74, 6) is -2.71. The van der Waals surface area contributed by atoms with Gasteiger partial charge < -0.3 is 18.9 Å². The Balaban J connectivity index is 1.54. The van der Waals surface area contributed by atoms with Crippen LogP contribution in [0.25, 0.3) is 0 Å². The fourth-order valence-electron chi connectivity index (χ4n) is 5.11. The van der Waals surface area contributed by atoms with Crippen molar-refractivity contribution in [3.8, 4) is 0 Å². The standard InChI is InChI=1S/C40H42O8S4/c41-36(21-32(49)28-13-5-1-6-14-28)45-25-40(48-39(44)24-35(52)31-19-11-4-12-20-31,26-46-37(42)22-33(50)29-15-7-2-8-16-29)27-47-38(43)23-34(51)30-17-9-3-10-18-30/h1-20,32-35,49-52H,21-27H2. The molecule has 0 heterocycles. The number of rotatable bonds is 19. The summed E-state index contributed by atoms with van der Waals surface area (Å²) in [4.78, 5) is 53.0. The van der Waals surface area contributed by atoms with Gasteiger partial charge in [-0.25, -0.2) is 0 Å². The van der Waals surface area contributed by atoms with Crippen LogP contribution in [0, 0.1) is 0 Å². The number of thiol groups is 4. The summed E-state index contributed by atoms with van der Waals surface area (Å²) in [6.07, 6.45) is -0.516. The predicted molar refractivity (Wildman–Crippen MR) is 213 cm³/mol. The molecule has 0 aromatic heterocycles. The molecule has 4 rings (SSSR count). The smallest absolute Gasteiger partial charge is 0.308 e. The maximum atomic E-state index is 13.5. The number of hydrogen-bond donors (Lipinski definition) is 4. The van der Waals surface area contributed by atoms with Crippen molar-refractivity contribution in [3.05, 3.63) is 144 Å². The highest BCUT2D eigenvalue weighted by Crippen LogP contribution is 2.29. The van der Waals surface area contributed by atoms with E-state index in [1.807, 2.05) is 121 Å². The fraction of sp³-hybridized carbons (Fsp3) is 0.300. The molecule has 4 aromatic rings. The Bertz CT molecular complexity index is 1560. The zero-order chi connectivity index (χ0) is 37.3. The lowest BCUT2D eigenvalue weighted by Crippen LogP contribution is -2.50. The van der Waals surface area contributed by atoms with E-state index >= 15 is 0 Å². The summed E-state index contributed by atoms with van der Waals surface area (Å²) in [7, 11) is 0. The molecule has 0 fully saturated rings. The van der Waals surface area contributed by atoms with Crippen LogP contribution in [-0.4, -0.2) is 49.3 Å². The van der Waals surface area contributed by atoms with Gasteiger partial charge in [-0.2, -0.15) is 50.5 Å². The van der Waals surface area contributed by atoms with Gasteiger partial charge in [-0.1, -0.05) is 121 Å². The van der Waals surface area contributed by atoms with Crippen molar-refractivity contribution in [2.45, 2.75) is 52.3 Å². The van der Waals surface area contributed by atoms with Crippen LogP contribution in [0.1, 0.15) is 68.9 Å². The van der Waals surface area contributed by atoms with Crippen molar-refractivity contribution >= 4 is 74.4 Å². The lowest BCUT2D eigenvalue weighted by Gasteiger charge is -2.32. The number of carbonyl (C=O) groups is 4. The average molecular weight is 779 g/mol. The monoisotopic (exact) mass is 778 g/mol. The molecule has 0 saturated heterocycles. The number of benzene rings is 4. The van der Waals surface area contributed by atoms with Crippen molar-refractivity contribution in [1.29, 1.82) is 0 Å². The van der Waals surface area contributed by atoms with Crippen molar-refractivity contribution in [1.82, 2.24) is 0 Å². The Hall–Kier alpha value is -3.84. The van der Waals surface area contributed by atoms with Gasteiger partial charge in [0.1, 0.15) is 19.8 Å². The fourth-order valence-corrected chi connectivity index (χ4v) is 6.40. The average Bonchev–Trinajstić information content (AvgIpc) is 3.16. The molecule has 0 bridgehead atoms. The molecule has 0 amide bonds. The summed E-state index contributed by atoms with van der Waals surface area (Å²) in [5.41, 5.74) is 1.30. The van der Waals surface area contributed by atoms with Gasteiger partial charge in [-0.05, 0) is 22.3 Å². The number of ether oxygens (including phenoxy) is 4. The van der Waals surface area contributed by atoms with Crippen LogP contribution < -0.4 is 0 Å². The van der Waals surface area contributed by atoms with Crippen molar-refractivity contribution in [2.24, 2.45) is 0 Å². The first-order valence-corrected chi connectivity index (χ1v) is 18.7. The predicted octanol–water partition coefficient (Wildman–Crippen LogP) is 8.14. The quantitative estimate of drug-likeness (QED) is 0.0430. The van der Waals surface area contributed by atoms with Gasteiger partial charge in [0.15, 0.2) is 0 Å². The second kappa shape index (κ2) is 21.0. The van der Waals surface area contributed by atoms with E-state index in [9.17, 15) is 19.2 Å². The Morgan fingerprint density at radius 3 is 0.885 bits per heavy atom. The van der Waals surface area contributed by atoms with E-state index in [2.05, 4.69) is 50.5 Å². The van der Waals surface area contributed by atoms with Gasteiger partial charge in [0, 0.05) is 21.0 Å². The molecule has 0 aliphatic rings. The molecule has 4 aromatic carbocycles. The zero-order valence-electron chi connectivity index (χ0n) is 28.4. The molecule has 4 unspecified atom stereocenters. The lowest BCUT2D eigenvalue weighted by molar-refractivity contribution is -0.196. The van der Waals surface area contributed by atoms with E-state index in [0.29, 0.717) is 0 Å². The first-order valence-electron chi connectivity index (χ1n) is 16.6. The highest BCUT2D eigenvalue weighted by Gasteiger charge is 2.41. The maximum absolute atomic E-state index is 13.5. The van der Waals surface area contributed by atoms with Crippen LogP contribution in [0.15, 0.2) is 121 Å². The number of carbonyl (C=O) groups excluding carboxylic acids is 4. The van der Waals surface area contributed by atoms with Gasteiger partial charge in [-0.15, -0.1) is 0 Å². The Kier molecular flexibility index (Phi) is 16.5. The Morgan fingerprint density at radius 2 is 0.635 bits per heavy atom. The summed E-state index contributed by atoms with van der Waals surface area (Å²) in [6, 6.07) is 36.7. The van der Waals surface area contributed by atoms with Gasteiger partial charge in [0.05, 0.1) is 25.7 Å². The topological polar surface area (TPSA) is 105 Å². The summed E-state index contributed by atoms with van der Waals surface area (Å²) < 4.78 is 22.9. The van der Waals surface area contributed by atoms with Crippen LogP contribution in [0.5, 0.6) is 0 Å². The lowest BCUT2D eigenvalue weighted by atomic mass is 10.1. The minimum absolute atomic E-state index is 0.111. The molecule has 0 spiro atoms. The normalized spacial score (nSPS) is 14.5. The molecule has 0 saturated carbocycles. The van der Waals surface area contributed by atoms with E-state index in [4.69, 9.17) is 18.9 Å². The van der Waals surface area contributed by atoms with E-state index < -0.39 is 70.3 Å². The molecule has 8 nitrogen and oxygen atoms in total. The molecule has 0 aliphatic heterocycles. The first-order chi connectivity index (χ1) is 25.0. The van der Waals surface area contributed by atoms with Gasteiger partial charge >= 0.3 is 23.9 Å². The molecule has 4 atom stereocenters. The zero-order valence-corrected chi connectivity index (χ0v) is 31.9. The second-order valence-electron chi connectivity index (χ2n) is 12.2. The summed E-state index contributed by atoms with van der Waals surface area (Å²) in [6.45, 7) is -1.74. The number of hydrogen-bond acceptors (Lipinski definition) is 12. The Morgan fingerprint density at radius 1 is 0.404 bits per heavy atom. The summed E-state index contributed by atoms with van der Waals surface area (Å²) in [5, 5.41) is -1.98. The summed E-state index contributed by atoms with van der Waals surface area (Å²) >= 11 is 18.3. The molecule has 12 heteroatoms. The third-order valence-electron chi connectivity index (χ3n) is 8.00. The van der Waals surface area contributed by atoms with E-state index in [1.165, 1.54) is 0 Å². The molecule has 274 valence electrons. The highest BCUT2D eigenvalue weighted by atomic mass is 32.1. The first kappa shape index (κ1) is 40.9. The molecule has 52 heavy (non-hydrogen) atoms. The molecular formula is C40H42O8S4. The minimum Gasteiger partial charge on any atom is -0.461 e. The van der Waals surface area contributed by atoms with Crippen LogP contribution in [0.2, 0.25) is 0 Å². The van der Waals surface area contributed by atoms with Crippen molar-refractivity contribution in [3.63, 3.8) is 0 Å². The van der Waals surface area contributed by atoms with E-state index in [1.54, 1.807) is 0 Å². The largest absolute Gasteiger partial charge is 0.461 e. The minimum atomic E-state index is -1.90. The third-order valence-corrected chi connectivity index (χ3v) is 9.92. The second-order valence-corrected chi connectivity index (χ2v) is 14.7. The highest BCUT2D eigenvalue weighted by molar-refractivity contribution is 7.81. The van der Waals surface area contributed by atoms with Crippen LogP contribution in [0.3, 0.4) is 0 Å². The van der Waals surface area contributed by atoms with Gasteiger partial charge in [-0.3, -0.25) is 19.2 Å². The van der Waals surface area contributed by atoms with Crippen LogP contribution >= 0.6 is 50.5 Å². The SMILES string of the molecule is O=C(CC(S)c1ccccc1)OCC(COC(=O)CC(S)c1ccccc1)(COC(=O)CC(S)c1ccccc1)OC(=O)CC(S)c1ccccc1. The van der Waals surface area contributed by atoms with Gasteiger partial charge in [0.2, 0.25) is 5.60 Å². The molecule has 0 N–H and O–H groups in total. The van der Waals surface area contributed by atoms with Gasteiger partial charge in [0.25, 0.3) is 0 Å². The Labute approximate surface area is 326 Å². The van der Waals surface area contributed by atoms with Crippen LogP contribution in [0.4, 0.5) is 0 Å². The number of esters is 4. The molecule has 0 radical (unpaired) electrons. The van der Waals surface area contributed by atoms with Crippen LogP contribution in [-0.2, 0) is 38.1 Å². The third kappa shape index (κ3) is 13.6. The van der Waals surface area contributed by atoms with E-state index in [0.717, 1.165) is 22.3 Å². The maximum Gasteiger partial charge on any atom is 0.308 e. The van der Waals surface area contributed by atoms with Crippen molar-refractivity contribution < 1.29 is 38.1 Å². The van der Waals surface area contributed by atoms with E-state index in [-0.39, 0.29) is 25.7 Å². The molecule has 0 aliphatic carbocycles.